The molecule has 2 aromatic heterocycles. The first-order chi connectivity index (χ1) is 12.8. The van der Waals surface area contributed by atoms with Crippen LogP contribution in [0.1, 0.15) is 0 Å². The average Bonchev–Trinajstić information content (AvgIpc) is 2.75. The minimum absolute atomic E-state index is 0.923. The highest BCUT2D eigenvalue weighted by Crippen LogP contribution is 2.27. The Labute approximate surface area is 152 Å². The topological polar surface area (TPSA) is 55.0 Å². The summed E-state index contributed by atoms with van der Waals surface area (Å²) >= 11 is 0. The molecule has 2 N–H and O–H groups in total. The lowest BCUT2D eigenvalue weighted by atomic mass is 10.1. The molecule has 0 amide bonds. The van der Waals surface area contributed by atoms with E-state index in [4.69, 9.17) is 5.84 Å². The zero-order chi connectivity index (χ0) is 17.8. The Balaban J connectivity index is 1.55. The van der Waals surface area contributed by atoms with Crippen molar-refractivity contribution < 1.29 is 0 Å². The lowest BCUT2D eigenvalue weighted by Gasteiger charge is -2.19. The molecule has 4 rings (SSSR count). The average molecular weight is 338 g/mol. The SMILES string of the molecule is NN(c1ccc(-c2cccnc2)cc1)c1ccc(-c2cccnc2)cc1. The Morgan fingerprint density at radius 1 is 0.538 bits per heavy atom. The van der Waals surface area contributed by atoms with Crippen LogP contribution in [-0.4, -0.2) is 9.97 Å². The lowest BCUT2D eigenvalue weighted by molar-refractivity contribution is 1.09. The molecule has 2 aromatic carbocycles. The van der Waals surface area contributed by atoms with Gasteiger partial charge in [-0.15, -0.1) is 0 Å². The fourth-order valence-electron chi connectivity index (χ4n) is 2.85. The van der Waals surface area contributed by atoms with Gasteiger partial charge in [0.2, 0.25) is 0 Å². The summed E-state index contributed by atoms with van der Waals surface area (Å²) in [5, 5.41) is 1.68. The summed E-state index contributed by atoms with van der Waals surface area (Å²) in [5.41, 5.74) is 6.25. The fourth-order valence-corrected chi connectivity index (χ4v) is 2.85. The fraction of sp³-hybridized carbons (Fsp3) is 0. The van der Waals surface area contributed by atoms with Gasteiger partial charge in [0.1, 0.15) is 0 Å². The largest absolute Gasteiger partial charge is 0.280 e. The summed E-state index contributed by atoms with van der Waals surface area (Å²) in [6, 6.07) is 24.2. The van der Waals surface area contributed by atoms with E-state index < -0.39 is 0 Å². The van der Waals surface area contributed by atoms with Gasteiger partial charge in [-0.2, -0.15) is 0 Å². The van der Waals surface area contributed by atoms with Gasteiger partial charge in [0, 0.05) is 24.8 Å². The third-order valence-corrected chi connectivity index (χ3v) is 4.28. The van der Waals surface area contributed by atoms with Gasteiger partial charge in [-0.1, -0.05) is 36.4 Å². The van der Waals surface area contributed by atoms with E-state index in [0.29, 0.717) is 0 Å². The van der Waals surface area contributed by atoms with Crippen LogP contribution in [-0.2, 0) is 0 Å². The van der Waals surface area contributed by atoms with E-state index in [-0.39, 0.29) is 0 Å². The molecule has 0 spiro atoms. The molecule has 0 aliphatic heterocycles. The standard InChI is InChI=1S/C22H18N4/c23-26(21-9-5-17(6-10-21)19-3-1-13-24-15-19)22-11-7-18(8-12-22)20-4-2-14-25-16-20/h1-16H,23H2. The monoisotopic (exact) mass is 338 g/mol. The van der Waals surface area contributed by atoms with Crippen molar-refractivity contribution in [3.05, 3.63) is 97.6 Å². The molecule has 0 bridgehead atoms. The van der Waals surface area contributed by atoms with Gasteiger partial charge in [0.05, 0.1) is 11.4 Å². The number of rotatable bonds is 4. The van der Waals surface area contributed by atoms with E-state index in [0.717, 1.165) is 33.6 Å². The highest BCUT2D eigenvalue weighted by atomic mass is 15.4. The molecule has 4 heteroatoms. The highest BCUT2D eigenvalue weighted by molar-refractivity contribution is 5.71. The van der Waals surface area contributed by atoms with Gasteiger partial charge < -0.3 is 0 Å². The molecule has 126 valence electrons. The zero-order valence-corrected chi connectivity index (χ0v) is 14.2. The summed E-state index contributed by atoms with van der Waals surface area (Å²) in [4.78, 5) is 8.32. The molecule has 0 saturated carbocycles. The summed E-state index contributed by atoms with van der Waals surface area (Å²) in [7, 11) is 0. The Bertz CT molecular complexity index is 883. The van der Waals surface area contributed by atoms with Crippen molar-refractivity contribution in [2.24, 2.45) is 5.84 Å². The van der Waals surface area contributed by atoms with E-state index >= 15 is 0 Å². The summed E-state index contributed by atoms with van der Waals surface area (Å²) in [6.07, 6.45) is 7.25. The zero-order valence-electron chi connectivity index (χ0n) is 14.2. The molecule has 0 aliphatic rings. The van der Waals surface area contributed by atoms with Crippen LogP contribution in [0.25, 0.3) is 22.3 Å². The van der Waals surface area contributed by atoms with E-state index in [1.165, 1.54) is 0 Å². The summed E-state index contributed by atoms with van der Waals surface area (Å²) < 4.78 is 0. The maximum absolute atomic E-state index is 6.30. The van der Waals surface area contributed by atoms with Crippen molar-refractivity contribution in [3.8, 4) is 22.3 Å². The van der Waals surface area contributed by atoms with Gasteiger partial charge in [-0.25, -0.2) is 5.84 Å². The molecule has 26 heavy (non-hydrogen) atoms. The normalized spacial score (nSPS) is 10.5. The minimum atomic E-state index is 0.923. The Hall–Kier alpha value is -3.50. The van der Waals surface area contributed by atoms with Crippen LogP contribution in [0.15, 0.2) is 97.6 Å². The molecule has 0 aliphatic carbocycles. The summed E-state index contributed by atoms with van der Waals surface area (Å²) in [5.74, 6) is 6.30. The molecule has 4 nitrogen and oxygen atoms in total. The van der Waals surface area contributed by atoms with Crippen LogP contribution in [0.4, 0.5) is 11.4 Å². The number of nitrogens with zero attached hydrogens (tertiary/aromatic N) is 3. The van der Waals surface area contributed by atoms with E-state index in [1.54, 1.807) is 17.4 Å². The Kier molecular flexibility index (Phi) is 4.41. The molecule has 0 atom stereocenters. The maximum Gasteiger partial charge on any atom is 0.0575 e. The van der Waals surface area contributed by atoms with Crippen molar-refractivity contribution in [2.45, 2.75) is 0 Å². The first-order valence-electron chi connectivity index (χ1n) is 8.37. The molecule has 4 aromatic rings. The minimum Gasteiger partial charge on any atom is -0.280 e. The Morgan fingerprint density at radius 3 is 1.31 bits per heavy atom. The smallest absolute Gasteiger partial charge is 0.0575 e. The van der Waals surface area contributed by atoms with Crippen LogP contribution in [0.2, 0.25) is 0 Å². The molecule has 2 heterocycles. The maximum atomic E-state index is 6.30. The van der Waals surface area contributed by atoms with Crippen LogP contribution >= 0.6 is 0 Å². The van der Waals surface area contributed by atoms with Gasteiger partial charge in [-0.05, 0) is 58.7 Å². The highest BCUT2D eigenvalue weighted by Gasteiger charge is 2.06. The number of hydrazine groups is 1. The van der Waals surface area contributed by atoms with Crippen LogP contribution < -0.4 is 10.9 Å². The quantitative estimate of drug-likeness (QED) is 0.428. The second kappa shape index (κ2) is 7.17. The van der Waals surface area contributed by atoms with Gasteiger partial charge in [0.15, 0.2) is 0 Å². The van der Waals surface area contributed by atoms with Crippen molar-refractivity contribution in [3.63, 3.8) is 0 Å². The number of benzene rings is 2. The first kappa shape index (κ1) is 16.0. The Morgan fingerprint density at radius 2 is 0.962 bits per heavy atom. The predicted octanol–water partition coefficient (Wildman–Crippen LogP) is 4.82. The molecule has 0 unspecified atom stereocenters. The molecule has 0 saturated heterocycles. The van der Waals surface area contributed by atoms with E-state index in [1.807, 2.05) is 60.9 Å². The third kappa shape index (κ3) is 3.31. The second-order valence-corrected chi connectivity index (χ2v) is 5.95. The predicted molar refractivity (Wildman–Crippen MR) is 106 cm³/mol. The molecule has 0 fully saturated rings. The molecular weight excluding hydrogens is 320 g/mol. The van der Waals surface area contributed by atoms with E-state index in [9.17, 15) is 0 Å². The number of hydrogen-bond acceptors (Lipinski definition) is 4. The van der Waals surface area contributed by atoms with Gasteiger partial charge in [-0.3, -0.25) is 15.0 Å². The second-order valence-electron chi connectivity index (χ2n) is 5.95. The van der Waals surface area contributed by atoms with Crippen LogP contribution in [0.3, 0.4) is 0 Å². The van der Waals surface area contributed by atoms with Crippen LogP contribution in [0.5, 0.6) is 0 Å². The number of aromatic nitrogens is 2. The van der Waals surface area contributed by atoms with Crippen molar-refractivity contribution in [2.75, 3.05) is 5.01 Å². The first-order valence-corrected chi connectivity index (χ1v) is 8.37. The van der Waals surface area contributed by atoms with Crippen molar-refractivity contribution in [1.82, 2.24) is 9.97 Å². The van der Waals surface area contributed by atoms with Gasteiger partial charge in [0.25, 0.3) is 0 Å². The third-order valence-electron chi connectivity index (χ3n) is 4.28. The molecule has 0 radical (unpaired) electrons. The number of hydrogen-bond donors (Lipinski definition) is 1. The number of anilines is 2. The molecular formula is C22H18N4. The van der Waals surface area contributed by atoms with Crippen molar-refractivity contribution in [1.29, 1.82) is 0 Å². The summed E-state index contributed by atoms with van der Waals surface area (Å²) in [6.45, 7) is 0. The van der Waals surface area contributed by atoms with Gasteiger partial charge >= 0.3 is 0 Å². The lowest BCUT2D eigenvalue weighted by Crippen LogP contribution is -2.24. The number of nitrogens with two attached hydrogens (primary N) is 1. The van der Waals surface area contributed by atoms with Crippen LogP contribution in [0, 0.1) is 0 Å². The van der Waals surface area contributed by atoms with Crippen molar-refractivity contribution >= 4 is 11.4 Å². The van der Waals surface area contributed by atoms with E-state index in [2.05, 4.69) is 34.2 Å². The number of pyridine rings is 2.